The lowest BCUT2D eigenvalue weighted by Crippen LogP contribution is -2.45. The first kappa shape index (κ1) is 16.6. The summed E-state index contributed by atoms with van der Waals surface area (Å²) in [6.45, 7) is 1.07. The van der Waals surface area contributed by atoms with Gasteiger partial charge in [-0.2, -0.15) is 0 Å². The van der Waals surface area contributed by atoms with Crippen LogP contribution < -0.4 is 5.32 Å². The van der Waals surface area contributed by atoms with E-state index in [4.69, 9.17) is 0 Å². The second-order valence-corrected chi connectivity index (χ2v) is 8.99. The van der Waals surface area contributed by atoms with Crippen molar-refractivity contribution in [3.05, 3.63) is 71.8 Å². The molecule has 0 radical (unpaired) electrons. The summed E-state index contributed by atoms with van der Waals surface area (Å²) in [5.74, 6) is 4.44. The fraction of sp³-hybridized carbons (Fsp3) is 0.520. The molecule has 3 bridgehead atoms. The van der Waals surface area contributed by atoms with Gasteiger partial charge in [-0.1, -0.05) is 73.5 Å². The molecule has 1 heteroatoms. The van der Waals surface area contributed by atoms with E-state index < -0.39 is 0 Å². The molecule has 3 aliphatic carbocycles. The third kappa shape index (κ3) is 3.11. The van der Waals surface area contributed by atoms with Gasteiger partial charge < -0.3 is 5.32 Å². The smallest absolute Gasteiger partial charge is 0.0214 e. The van der Waals surface area contributed by atoms with Crippen molar-refractivity contribution in [2.75, 3.05) is 6.54 Å². The standard InChI is InChI=1S/C25H31N/c1-3-8-18(9-4-1)24(19-10-5-2-6-11-19)17-26-25-21-13-7-12-20-14-23(25)16-22(20)15-21/h1-6,8-11,20-26H,7,12-17H2. The predicted octanol–water partition coefficient (Wildman–Crippen LogP) is 5.62. The summed E-state index contributed by atoms with van der Waals surface area (Å²) in [5.41, 5.74) is 2.88. The van der Waals surface area contributed by atoms with Crippen LogP contribution in [-0.4, -0.2) is 12.6 Å². The van der Waals surface area contributed by atoms with Gasteiger partial charge in [-0.15, -0.1) is 0 Å². The zero-order valence-electron chi connectivity index (χ0n) is 15.7. The minimum Gasteiger partial charge on any atom is -0.312 e. The Morgan fingerprint density at radius 2 is 1.27 bits per heavy atom. The van der Waals surface area contributed by atoms with Gasteiger partial charge in [0.25, 0.3) is 0 Å². The highest BCUT2D eigenvalue weighted by atomic mass is 14.9. The summed E-state index contributed by atoms with van der Waals surface area (Å²) < 4.78 is 0. The number of nitrogens with one attached hydrogen (secondary N) is 1. The van der Waals surface area contributed by atoms with E-state index >= 15 is 0 Å². The van der Waals surface area contributed by atoms with Crippen molar-refractivity contribution in [3.63, 3.8) is 0 Å². The molecule has 0 aromatic heterocycles. The maximum absolute atomic E-state index is 4.10. The third-order valence-electron chi connectivity index (χ3n) is 7.61. The summed E-state index contributed by atoms with van der Waals surface area (Å²) >= 11 is 0. The molecule has 2 aromatic rings. The highest BCUT2D eigenvalue weighted by Crippen LogP contribution is 2.53. The van der Waals surface area contributed by atoms with Crippen molar-refractivity contribution in [2.45, 2.75) is 50.5 Å². The van der Waals surface area contributed by atoms with E-state index in [0.29, 0.717) is 5.92 Å². The molecule has 3 saturated carbocycles. The lowest BCUT2D eigenvalue weighted by atomic mass is 9.75. The van der Waals surface area contributed by atoms with Crippen molar-refractivity contribution in [2.24, 2.45) is 23.7 Å². The molecule has 0 aliphatic heterocycles. The van der Waals surface area contributed by atoms with Gasteiger partial charge in [0.2, 0.25) is 0 Å². The second-order valence-electron chi connectivity index (χ2n) is 8.99. The number of fused-ring (bicyclic) bond motifs is 2. The Balaban J connectivity index is 1.36. The van der Waals surface area contributed by atoms with Crippen molar-refractivity contribution in [1.29, 1.82) is 0 Å². The summed E-state index contributed by atoms with van der Waals surface area (Å²) in [6.07, 6.45) is 8.95. The van der Waals surface area contributed by atoms with Crippen molar-refractivity contribution in [1.82, 2.24) is 5.32 Å². The van der Waals surface area contributed by atoms with Crippen LogP contribution >= 0.6 is 0 Å². The van der Waals surface area contributed by atoms with Gasteiger partial charge in [0.15, 0.2) is 0 Å². The first-order chi connectivity index (χ1) is 12.9. The molecule has 3 aliphatic rings. The first-order valence-electron chi connectivity index (χ1n) is 10.7. The Kier molecular flexibility index (Phi) is 4.58. The topological polar surface area (TPSA) is 12.0 Å². The van der Waals surface area contributed by atoms with E-state index in [-0.39, 0.29) is 0 Å². The molecule has 0 spiro atoms. The van der Waals surface area contributed by atoms with Crippen LogP contribution in [0.25, 0.3) is 0 Å². The van der Waals surface area contributed by atoms with Gasteiger partial charge in [-0.25, -0.2) is 0 Å². The highest BCUT2D eigenvalue weighted by Gasteiger charge is 2.47. The maximum Gasteiger partial charge on any atom is 0.0214 e. The van der Waals surface area contributed by atoms with Crippen LogP contribution in [0.15, 0.2) is 60.7 Å². The fourth-order valence-corrected chi connectivity index (χ4v) is 6.44. The molecule has 0 saturated heterocycles. The third-order valence-corrected chi connectivity index (χ3v) is 7.61. The van der Waals surface area contributed by atoms with Gasteiger partial charge in [-0.3, -0.25) is 0 Å². The van der Waals surface area contributed by atoms with Crippen LogP contribution in [0, 0.1) is 23.7 Å². The zero-order valence-corrected chi connectivity index (χ0v) is 15.7. The molecule has 26 heavy (non-hydrogen) atoms. The number of hydrogen-bond acceptors (Lipinski definition) is 1. The van der Waals surface area contributed by atoms with Crippen LogP contribution in [0.3, 0.4) is 0 Å². The minimum atomic E-state index is 0.455. The Bertz CT molecular complexity index is 670. The number of rotatable bonds is 5. The van der Waals surface area contributed by atoms with Gasteiger partial charge in [0.05, 0.1) is 0 Å². The molecule has 0 amide bonds. The van der Waals surface area contributed by atoms with Crippen LogP contribution in [0.2, 0.25) is 0 Å². The largest absolute Gasteiger partial charge is 0.312 e. The second kappa shape index (κ2) is 7.19. The van der Waals surface area contributed by atoms with Crippen molar-refractivity contribution >= 4 is 0 Å². The van der Waals surface area contributed by atoms with Crippen molar-refractivity contribution in [3.8, 4) is 0 Å². The Morgan fingerprint density at radius 3 is 1.96 bits per heavy atom. The summed E-state index contributed by atoms with van der Waals surface area (Å²) in [6, 6.07) is 22.9. The summed E-state index contributed by atoms with van der Waals surface area (Å²) in [4.78, 5) is 0. The van der Waals surface area contributed by atoms with E-state index in [9.17, 15) is 0 Å². The molecule has 1 nitrogen and oxygen atoms in total. The zero-order chi connectivity index (χ0) is 17.3. The molecule has 5 unspecified atom stereocenters. The van der Waals surface area contributed by atoms with Gasteiger partial charge >= 0.3 is 0 Å². The average molecular weight is 346 g/mol. The van der Waals surface area contributed by atoms with Crippen LogP contribution in [-0.2, 0) is 0 Å². The maximum atomic E-state index is 4.10. The lowest BCUT2D eigenvalue weighted by molar-refractivity contribution is 0.178. The molecule has 0 heterocycles. The van der Waals surface area contributed by atoms with Crippen LogP contribution in [0.1, 0.15) is 55.6 Å². The average Bonchev–Trinajstić information content (AvgIpc) is 2.93. The van der Waals surface area contributed by atoms with E-state index in [2.05, 4.69) is 66.0 Å². The van der Waals surface area contributed by atoms with Crippen LogP contribution in [0.4, 0.5) is 0 Å². The lowest BCUT2D eigenvalue weighted by Gasteiger charge is -2.38. The van der Waals surface area contributed by atoms with Crippen LogP contribution in [0.5, 0.6) is 0 Å². The number of hydrogen-bond donors (Lipinski definition) is 1. The quantitative estimate of drug-likeness (QED) is 0.741. The Labute approximate surface area is 158 Å². The van der Waals surface area contributed by atoms with Gasteiger partial charge in [0, 0.05) is 18.5 Å². The molecule has 2 aromatic carbocycles. The van der Waals surface area contributed by atoms with E-state index in [1.54, 1.807) is 0 Å². The van der Waals surface area contributed by atoms with Gasteiger partial charge in [0.1, 0.15) is 0 Å². The molecule has 1 N–H and O–H groups in total. The highest BCUT2D eigenvalue weighted by molar-refractivity contribution is 5.32. The monoisotopic (exact) mass is 345 g/mol. The SMILES string of the molecule is c1ccc(C(CNC2C3CCCC4CC2CC4C3)c2ccccc2)cc1. The molecule has 5 atom stereocenters. The normalized spacial score (nSPS) is 32.7. The minimum absolute atomic E-state index is 0.455. The van der Waals surface area contributed by atoms with Gasteiger partial charge in [-0.05, 0) is 60.5 Å². The van der Waals surface area contributed by atoms with E-state index in [1.807, 2.05) is 0 Å². The molecule has 136 valence electrons. The Morgan fingerprint density at radius 1 is 0.692 bits per heavy atom. The van der Waals surface area contributed by atoms with Crippen molar-refractivity contribution < 1.29 is 0 Å². The molecular formula is C25H31N. The molecular weight excluding hydrogens is 314 g/mol. The molecule has 3 fully saturated rings. The number of benzene rings is 2. The van der Waals surface area contributed by atoms with E-state index in [1.165, 1.54) is 49.7 Å². The Hall–Kier alpha value is -1.60. The predicted molar refractivity (Wildman–Crippen MR) is 108 cm³/mol. The van der Waals surface area contributed by atoms with E-state index in [0.717, 1.165) is 36.3 Å². The summed E-state index contributed by atoms with van der Waals surface area (Å²) in [5, 5.41) is 4.10. The molecule has 5 rings (SSSR count). The summed E-state index contributed by atoms with van der Waals surface area (Å²) in [7, 11) is 0. The first-order valence-corrected chi connectivity index (χ1v) is 10.7. The fourth-order valence-electron chi connectivity index (χ4n) is 6.44.